The van der Waals surface area contributed by atoms with E-state index in [0.29, 0.717) is 12.5 Å². The normalized spacial score (nSPS) is 28.2. The summed E-state index contributed by atoms with van der Waals surface area (Å²) in [6, 6.07) is 0. The van der Waals surface area contributed by atoms with Crippen molar-refractivity contribution in [3.63, 3.8) is 0 Å². The molecule has 13 heavy (non-hydrogen) atoms. The molecule has 1 rings (SSSR count). The molecule has 0 bridgehead atoms. The summed E-state index contributed by atoms with van der Waals surface area (Å²) in [6.45, 7) is 5.60. The molecule has 0 aliphatic carbocycles. The lowest BCUT2D eigenvalue weighted by Crippen LogP contribution is -2.26. The van der Waals surface area contributed by atoms with E-state index in [2.05, 4.69) is 13.8 Å². The van der Waals surface area contributed by atoms with E-state index in [1.54, 1.807) is 0 Å². The second-order valence-corrected chi connectivity index (χ2v) is 4.47. The first kappa shape index (κ1) is 10.5. The number of hydrogen-bond acceptors (Lipinski definition) is 2. The van der Waals surface area contributed by atoms with Crippen LogP contribution in [0.2, 0.25) is 0 Å². The highest BCUT2D eigenvalue weighted by Gasteiger charge is 2.37. The molecule has 1 heterocycles. The van der Waals surface area contributed by atoms with Gasteiger partial charge in [0.1, 0.15) is 0 Å². The van der Waals surface area contributed by atoms with Crippen LogP contribution in [-0.4, -0.2) is 24.3 Å². The van der Waals surface area contributed by atoms with Crippen LogP contribution in [0.4, 0.5) is 0 Å². The molecule has 1 atom stereocenters. The molecular formula is C10H18O3. The number of carboxylic acid groups (broad SMARTS) is 1. The van der Waals surface area contributed by atoms with Gasteiger partial charge in [0.15, 0.2) is 0 Å². The number of hydrogen-bond donors (Lipinski definition) is 1. The highest BCUT2D eigenvalue weighted by atomic mass is 16.5. The Hall–Kier alpha value is -0.570. The van der Waals surface area contributed by atoms with Gasteiger partial charge in [0.2, 0.25) is 0 Å². The van der Waals surface area contributed by atoms with Crippen molar-refractivity contribution < 1.29 is 14.6 Å². The minimum atomic E-state index is -0.703. The summed E-state index contributed by atoms with van der Waals surface area (Å²) >= 11 is 0. The van der Waals surface area contributed by atoms with Crippen molar-refractivity contribution in [2.75, 3.05) is 13.2 Å². The van der Waals surface area contributed by atoms with Crippen LogP contribution in [0.1, 0.15) is 33.1 Å². The van der Waals surface area contributed by atoms with Crippen LogP contribution in [0.3, 0.4) is 0 Å². The Balaban J connectivity index is 2.57. The van der Waals surface area contributed by atoms with Gasteiger partial charge in [-0.25, -0.2) is 0 Å². The van der Waals surface area contributed by atoms with Crippen molar-refractivity contribution in [3.8, 4) is 0 Å². The first-order chi connectivity index (χ1) is 6.04. The van der Waals surface area contributed by atoms with Gasteiger partial charge in [-0.05, 0) is 18.8 Å². The Kier molecular flexibility index (Phi) is 3.31. The molecule has 1 unspecified atom stereocenters. The minimum absolute atomic E-state index is 0.0833. The molecule has 0 aromatic heterocycles. The molecule has 0 aromatic carbocycles. The number of carboxylic acids is 1. The third kappa shape index (κ3) is 2.99. The monoisotopic (exact) mass is 186 g/mol. The summed E-state index contributed by atoms with van der Waals surface area (Å²) in [6.07, 6.45) is 2.11. The lowest BCUT2D eigenvalue weighted by Gasteiger charge is -2.27. The maximum absolute atomic E-state index is 10.7. The van der Waals surface area contributed by atoms with E-state index >= 15 is 0 Å². The predicted octanol–water partition coefficient (Wildman–Crippen LogP) is 1.91. The quantitative estimate of drug-likeness (QED) is 0.729. The van der Waals surface area contributed by atoms with Crippen molar-refractivity contribution in [2.45, 2.75) is 33.1 Å². The van der Waals surface area contributed by atoms with Crippen molar-refractivity contribution in [1.82, 2.24) is 0 Å². The number of carbonyl (C=O) groups is 1. The topological polar surface area (TPSA) is 46.5 Å². The zero-order valence-corrected chi connectivity index (χ0v) is 8.38. The predicted molar refractivity (Wildman–Crippen MR) is 49.6 cm³/mol. The number of rotatable bonds is 4. The first-order valence-electron chi connectivity index (χ1n) is 4.84. The molecule has 1 saturated heterocycles. The van der Waals surface area contributed by atoms with Gasteiger partial charge in [0.05, 0.1) is 13.0 Å². The van der Waals surface area contributed by atoms with Gasteiger partial charge in [0.25, 0.3) is 0 Å². The zero-order valence-electron chi connectivity index (χ0n) is 8.38. The summed E-state index contributed by atoms with van der Waals surface area (Å²) in [5, 5.41) is 8.80. The molecule has 0 amide bonds. The van der Waals surface area contributed by atoms with Crippen LogP contribution in [0.25, 0.3) is 0 Å². The maximum atomic E-state index is 10.7. The van der Waals surface area contributed by atoms with Crippen molar-refractivity contribution >= 4 is 5.97 Å². The molecule has 1 fully saturated rings. The van der Waals surface area contributed by atoms with Crippen LogP contribution >= 0.6 is 0 Å². The third-order valence-electron chi connectivity index (χ3n) is 2.55. The molecule has 0 aromatic rings. The molecule has 76 valence electrons. The van der Waals surface area contributed by atoms with Crippen LogP contribution < -0.4 is 0 Å². The lowest BCUT2D eigenvalue weighted by atomic mass is 9.77. The van der Waals surface area contributed by atoms with Gasteiger partial charge in [-0.3, -0.25) is 4.79 Å². The number of ether oxygens (including phenoxy) is 1. The molecular weight excluding hydrogens is 168 g/mol. The van der Waals surface area contributed by atoms with Crippen molar-refractivity contribution in [2.24, 2.45) is 11.3 Å². The van der Waals surface area contributed by atoms with Gasteiger partial charge in [-0.1, -0.05) is 13.8 Å². The summed E-state index contributed by atoms with van der Waals surface area (Å²) in [4.78, 5) is 10.7. The van der Waals surface area contributed by atoms with Crippen molar-refractivity contribution in [3.05, 3.63) is 0 Å². The Bertz CT molecular complexity index is 181. The average molecular weight is 186 g/mol. The molecule has 0 spiro atoms. The third-order valence-corrected chi connectivity index (χ3v) is 2.55. The highest BCUT2D eigenvalue weighted by molar-refractivity contribution is 5.67. The second-order valence-electron chi connectivity index (χ2n) is 4.47. The molecule has 1 N–H and O–H groups in total. The van der Waals surface area contributed by atoms with Crippen LogP contribution in [0, 0.1) is 11.3 Å². The van der Waals surface area contributed by atoms with E-state index < -0.39 is 5.97 Å². The van der Waals surface area contributed by atoms with Crippen LogP contribution in [0.5, 0.6) is 0 Å². The van der Waals surface area contributed by atoms with Gasteiger partial charge in [0, 0.05) is 12.0 Å². The molecule has 3 nitrogen and oxygen atoms in total. The molecule has 1 aliphatic heterocycles. The summed E-state index contributed by atoms with van der Waals surface area (Å²) in [5.41, 5.74) is -0.0833. The molecule has 0 radical (unpaired) electrons. The van der Waals surface area contributed by atoms with E-state index in [1.807, 2.05) is 0 Å². The Labute approximate surface area is 79.1 Å². The largest absolute Gasteiger partial charge is 0.481 e. The second kappa shape index (κ2) is 4.09. The molecule has 0 saturated carbocycles. The zero-order chi connectivity index (χ0) is 9.90. The Morgan fingerprint density at radius 2 is 2.31 bits per heavy atom. The van der Waals surface area contributed by atoms with Gasteiger partial charge >= 0.3 is 5.97 Å². The molecule has 1 aliphatic rings. The number of aliphatic carboxylic acids is 1. The summed E-state index contributed by atoms with van der Waals surface area (Å²) < 4.78 is 5.30. The van der Waals surface area contributed by atoms with E-state index in [9.17, 15) is 4.79 Å². The van der Waals surface area contributed by atoms with E-state index in [4.69, 9.17) is 9.84 Å². The smallest absolute Gasteiger partial charge is 0.303 e. The van der Waals surface area contributed by atoms with Gasteiger partial charge in [-0.2, -0.15) is 0 Å². The minimum Gasteiger partial charge on any atom is -0.481 e. The molecule has 3 heteroatoms. The van der Waals surface area contributed by atoms with Crippen LogP contribution in [-0.2, 0) is 9.53 Å². The SMILES string of the molecule is CC(C)CC1(CC(=O)O)CCOC1. The highest BCUT2D eigenvalue weighted by Crippen LogP contribution is 2.38. The van der Waals surface area contributed by atoms with Crippen LogP contribution in [0.15, 0.2) is 0 Å². The standard InChI is InChI=1S/C10H18O3/c1-8(2)5-10(6-9(11)12)3-4-13-7-10/h8H,3-7H2,1-2H3,(H,11,12). The maximum Gasteiger partial charge on any atom is 0.303 e. The van der Waals surface area contributed by atoms with Gasteiger partial charge < -0.3 is 9.84 Å². The van der Waals surface area contributed by atoms with E-state index in [-0.39, 0.29) is 11.8 Å². The Morgan fingerprint density at radius 1 is 1.62 bits per heavy atom. The summed E-state index contributed by atoms with van der Waals surface area (Å²) in [7, 11) is 0. The fourth-order valence-electron chi connectivity index (χ4n) is 2.21. The van der Waals surface area contributed by atoms with Gasteiger partial charge in [-0.15, -0.1) is 0 Å². The van der Waals surface area contributed by atoms with Crippen molar-refractivity contribution in [1.29, 1.82) is 0 Å². The fraction of sp³-hybridized carbons (Fsp3) is 0.900. The fourth-order valence-corrected chi connectivity index (χ4v) is 2.21. The average Bonchev–Trinajstić information content (AvgIpc) is 2.33. The first-order valence-corrected chi connectivity index (χ1v) is 4.84. The lowest BCUT2D eigenvalue weighted by molar-refractivity contribution is -0.140. The van der Waals surface area contributed by atoms with E-state index in [1.165, 1.54) is 0 Å². The van der Waals surface area contributed by atoms with E-state index in [0.717, 1.165) is 19.4 Å². The summed E-state index contributed by atoms with van der Waals surface area (Å²) in [5.74, 6) is -0.160. The Morgan fingerprint density at radius 3 is 2.69 bits per heavy atom.